The number of carbonyl (C=O) groups is 1. The monoisotopic (exact) mass is 343 g/mol. The number of fused-ring (bicyclic) bond motifs is 1. The largest absolute Gasteiger partial charge is 0.495 e. The minimum Gasteiger partial charge on any atom is -0.495 e. The molecule has 1 heterocycles. The Bertz CT molecular complexity index is 994. The van der Waals surface area contributed by atoms with Crippen LogP contribution in [0.5, 0.6) is 5.75 Å². The van der Waals surface area contributed by atoms with E-state index in [-0.39, 0.29) is 11.2 Å². The van der Waals surface area contributed by atoms with Crippen LogP contribution in [-0.4, -0.2) is 13.0 Å². The van der Waals surface area contributed by atoms with Gasteiger partial charge in [0.1, 0.15) is 11.3 Å². The minimum atomic E-state index is -0.559. The maximum absolute atomic E-state index is 12.4. The van der Waals surface area contributed by atoms with Gasteiger partial charge in [-0.1, -0.05) is 17.7 Å². The molecule has 6 heteroatoms. The highest BCUT2D eigenvalue weighted by molar-refractivity contribution is 6.31. The fourth-order valence-corrected chi connectivity index (χ4v) is 2.51. The van der Waals surface area contributed by atoms with Crippen molar-refractivity contribution >= 4 is 34.2 Å². The SMILES string of the molecule is COc1ccc(Cl)cc1NC(=O)c1cc(=O)c2ccc(C)cc2o1. The van der Waals surface area contributed by atoms with Gasteiger partial charge in [-0.3, -0.25) is 9.59 Å². The zero-order chi connectivity index (χ0) is 17.3. The lowest BCUT2D eigenvalue weighted by Gasteiger charge is -2.10. The first-order chi connectivity index (χ1) is 11.5. The summed E-state index contributed by atoms with van der Waals surface area (Å²) in [5.41, 5.74) is 1.41. The van der Waals surface area contributed by atoms with Crippen LogP contribution in [0.25, 0.3) is 11.0 Å². The van der Waals surface area contributed by atoms with Gasteiger partial charge in [0, 0.05) is 11.1 Å². The number of ether oxygens (including phenoxy) is 1. The standard InChI is InChI=1S/C18H14ClNO4/c1-10-3-5-12-14(21)9-17(24-16(12)7-10)18(22)20-13-8-11(19)4-6-15(13)23-2/h3-9H,1-2H3,(H,20,22). The predicted molar refractivity (Wildman–Crippen MR) is 93.2 cm³/mol. The Balaban J connectivity index is 2.00. The fourth-order valence-electron chi connectivity index (χ4n) is 2.34. The van der Waals surface area contributed by atoms with Gasteiger partial charge >= 0.3 is 0 Å². The average Bonchev–Trinajstić information content (AvgIpc) is 2.54. The van der Waals surface area contributed by atoms with Crippen LogP contribution in [0.3, 0.4) is 0 Å². The molecule has 0 atom stereocenters. The summed E-state index contributed by atoms with van der Waals surface area (Å²) < 4.78 is 10.8. The van der Waals surface area contributed by atoms with E-state index in [1.54, 1.807) is 30.3 Å². The molecule has 0 saturated heterocycles. The summed E-state index contributed by atoms with van der Waals surface area (Å²) in [5.74, 6) is -0.192. The lowest BCUT2D eigenvalue weighted by Crippen LogP contribution is -2.15. The Kier molecular flexibility index (Phi) is 4.27. The quantitative estimate of drug-likeness (QED) is 0.780. The van der Waals surface area contributed by atoms with Crippen LogP contribution in [0.4, 0.5) is 5.69 Å². The van der Waals surface area contributed by atoms with Gasteiger partial charge in [0.2, 0.25) is 0 Å². The second kappa shape index (κ2) is 6.37. The van der Waals surface area contributed by atoms with Gasteiger partial charge in [-0.25, -0.2) is 0 Å². The van der Waals surface area contributed by atoms with Crippen LogP contribution in [0.1, 0.15) is 16.1 Å². The highest BCUT2D eigenvalue weighted by atomic mass is 35.5. The van der Waals surface area contributed by atoms with E-state index < -0.39 is 5.91 Å². The second-order valence-corrected chi connectivity index (χ2v) is 5.71. The van der Waals surface area contributed by atoms with E-state index in [0.29, 0.717) is 27.4 Å². The van der Waals surface area contributed by atoms with Crippen molar-refractivity contribution in [2.45, 2.75) is 6.92 Å². The summed E-state index contributed by atoms with van der Waals surface area (Å²) in [6.07, 6.45) is 0. The van der Waals surface area contributed by atoms with Gasteiger partial charge in [0.05, 0.1) is 18.2 Å². The first-order valence-electron chi connectivity index (χ1n) is 7.17. The van der Waals surface area contributed by atoms with Crippen LogP contribution in [-0.2, 0) is 0 Å². The zero-order valence-corrected chi connectivity index (χ0v) is 13.8. The smallest absolute Gasteiger partial charge is 0.291 e. The minimum absolute atomic E-state index is 0.0832. The number of anilines is 1. The number of methoxy groups -OCH3 is 1. The number of nitrogens with one attached hydrogen (secondary N) is 1. The van der Waals surface area contributed by atoms with E-state index in [1.807, 2.05) is 13.0 Å². The Morgan fingerprint density at radius 3 is 2.71 bits per heavy atom. The molecule has 1 amide bonds. The van der Waals surface area contributed by atoms with E-state index >= 15 is 0 Å². The molecule has 0 bridgehead atoms. The molecule has 3 rings (SSSR count). The van der Waals surface area contributed by atoms with Gasteiger partial charge in [-0.05, 0) is 42.8 Å². The van der Waals surface area contributed by atoms with E-state index in [0.717, 1.165) is 5.56 Å². The lowest BCUT2D eigenvalue weighted by atomic mass is 10.1. The second-order valence-electron chi connectivity index (χ2n) is 5.27. The summed E-state index contributed by atoms with van der Waals surface area (Å²) in [6.45, 7) is 1.88. The van der Waals surface area contributed by atoms with Gasteiger partial charge in [-0.15, -0.1) is 0 Å². The number of benzene rings is 2. The molecule has 0 spiro atoms. The third kappa shape index (κ3) is 3.12. The van der Waals surface area contributed by atoms with Crippen LogP contribution in [0, 0.1) is 6.92 Å². The van der Waals surface area contributed by atoms with Crippen molar-refractivity contribution in [1.29, 1.82) is 0 Å². The topological polar surface area (TPSA) is 68.5 Å². The van der Waals surface area contributed by atoms with Crippen LogP contribution >= 0.6 is 11.6 Å². The predicted octanol–water partition coefficient (Wildman–Crippen LogP) is 4.02. The number of amides is 1. The number of aryl methyl sites for hydroxylation is 1. The molecule has 24 heavy (non-hydrogen) atoms. The molecule has 0 saturated carbocycles. The molecule has 2 aromatic carbocycles. The average molecular weight is 344 g/mol. The molecule has 0 radical (unpaired) electrons. The molecular formula is C18H14ClNO4. The van der Waals surface area contributed by atoms with Gasteiger partial charge in [-0.2, -0.15) is 0 Å². The van der Waals surface area contributed by atoms with Crippen molar-refractivity contribution in [1.82, 2.24) is 0 Å². The van der Waals surface area contributed by atoms with E-state index in [1.165, 1.54) is 13.2 Å². The third-order valence-electron chi connectivity index (χ3n) is 3.52. The summed E-state index contributed by atoms with van der Waals surface area (Å²) in [7, 11) is 1.48. The fraction of sp³-hybridized carbons (Fsp3) is 0.111. The molecule has 1 aromatic heterocycles. The zero-order valence-electron chi connectivity index (χ0n) is 13.1. The van der Waals surface area contributed by atoms with Crippen molar-refractivity contribution in [2.24, 2.45) is 0 Å². The summed E-state index contributed by atoms with van der Waals surface area (Å²) in [6, 6.07) is 11.2. The normalized spacial score (nSPS) is 10.6. The number of hydrogen-bond acceptors (Lipinski definition) is 4. The number of carbonyl (C=O) groups excluding carboxylic acids is 1. The highest BCUT2D eigenvalue weighted by Crippen LogP contribution is 2.28. The molecule has 0 aliphatic rings. The third-order valence-corrected chi connectivity index (χ3v) is 3.75. The first kappa shape index (κ1) is 16.1. The Morgan fingerprint density at radius 2 is 1.96 bits per heavy atom. The first-order valence-corrected chi connectivity index (χ1v) is 7.55. The van der Waals surface area contributed by atoms with Gasteiger partial charge < -0.3 is 14.5 Å². The number of rotatable bonds is 3. The molecule has 5 nitrogen and oxygen atoms in total. The maximum atomic E-state index is 12.4. The molecule has 122 valence electrons. The van der Waals surface area contributed by atoms with E-state index in [4.69, 9.17) is 20.8 Å². The summed E-state index contributed by atoms with van der Waals surface area (Å²) in [5, 5.41) is 3.52. The molecule has 0 aliphatic heterocycles. The van der Waals surface area contributed by atoms with Gasteiger partial charge in [0.25, 0.3) is 5.91 Å². The molecule has 0 fully saturated rings. The maximum Gasteiger partial charge on any atom is 0.291 e. The van der Waals surface area contributed by atoms with Gasteiger partial charge in [0.15, 0.2) is 11.2 Å². The Morgan fingerprint density at radius 1 is 1.17 bits per heavy atom. The number of hydrogen-bond donors (Lipinski definition) is 1. The van der Waals surface area contributed by atoms with Crippen LogP contribution in [0.15, 0.2) is 51.7 Å². The molecular weight excluding hydrogens is 330 g/mol. The summed E-state index contributed by atoms with van der Waals surface area (Å²) >= 11 is 5.94. The molecule has 0 aliphatic carbocycles. The van der Waals surface area contributed by atoms with Crippen LogP contribution < -0.4 is 15.5 Å². The van der Waals surface area contributed by atoms with Crippen molar-refractivity contribution in [3.05, 3.63) is 69.0 Å². The molecule has 3 aromatic rings. The lowest BCUT2D eigenvalue weighted by molar-refractivity contribution is 0.0997. The van der Waals surface area contributed by atoms with E-state index in [9.17, 15) is 9.59 Å². The van der Waals surface area contributed by atoms with Crippen molar-refractivity contribution in [3.8, 4) is 5.75 Å². The Hall–Kier alpha value is -2.79. The summed E-state index contributed by atoms with van der Waals surface area (Å²) in [4.78, 5) is 24.6. The number of halogens is 1. The van der Waals surface area contributed by atoms with Crippen molar-refractivity contribution < 1.29 is 13.9 Å². The Labute approximate surface area is 142 Å². The van der Waals surface area contributed by atoms with Crippen LogP contribution in [0.2, 0.25) is 5.02 Å². The van der Waals surface area contributed by atoms with Crippen molar-refractivity contribution in [3.63, 3.8) is 0 Å². The highest BCUT2D eigenvalue weighted by Gasteiger charge is 2.15. The molecule has 1 N–H and O–H groups in total. The van der Waals surface area contributed by atoms with Crippen molar-refractivity contribution in [2.75, 3.05) is 12.4 Å². The van der Waals surface area contributed by atoms with E-state index in [2.05, 4.69) is 5.32 Å². The molecule has 0 unspecified atom stereocenters.